The van der Waals surface area contributed by atoms with Gasteiger partial charge in [-0.2, -0.15) is 0 Å². The average Bonchev–Trinajstić information content (AvgIpc) is 3.28. The van der Waals surface area contributed by atoms with Crippen molar-refractivity contribution in [1.82, 2.24) is 0 Å². The minimum absolute atomic E-state index is 0.363. The van der Waals surface area contributed by atoms with Crippen LogP contribution < -0.4 is 14.5 Å². The lowest BCUT2D eigenvalue weighted by atomic mass is 10.0. The molecule has 9 heteroatoms. The van der Waals surface area contributed by atoms with E-state index >= 15 is 0 Å². The van der Waals surface area contributed by atoms with Crippen LogP contribution in [0.25, 0.3) is 0 Å². The van der Waals surface area contributed by atoms with Crippen LogP contribution in [0.5, 0.6) is 5.75 Å². The molecule has 0 aliphatic carbocycles. The molecule has 0 atom stereocenters. The number of hydrogen-bond donors (Lipinski definition) is 0. The SMILES string of the molecule is C=CC(=O)OCCCCCCc1ccc(N(Cc2cccc(Cl)c2)c2ccc(COCc3ccc(N(Cc4cccc(Cl)c4)c4ccc(OC(=O)C=C)cc4)cc3)cc2)cc1. The van der Waals surface area contributed by atoms with Gasteiger partial charge in [-0.15, -0.1) is 0 Å². The zero-order valence-corrected chi connectivity index (χ0v) is 35.7. The summed E-state index contributed by atoms with van der Waals surface area (Å²) in [4.78, 5) is 27.4. The zero-order valence-electron chi connectivity index (χ0n) is 34.2. The maximum atomic E-state index is 11.7. The van der Waals surface area contributed by atoms with Gasteiger partial charge in [0.25, 0.3) is 0 Å². The third-order valence-corrected chi connectivity index (χ3v) is 10.5. The van der Waals surface area contributed by atoms with Crippen LogP contribution in [0.4, 0.5) is 22.7 Å². The molecule has 6 aromatic carbocycles. The lowest BCUT2D eigenvalue weighted by Crippen LogP contribution is -2.16. The summed E-state index contributed by atoms with van der Waals surface area (Å²) in [7, 11) is 0. The molecule has 312 valence electrons. The van der Waals surface area contributed by atoms with Gasteiger partial charge in [0.1, 0.15) is 5.75 Å². The molecule has 0 unspecified atom stereocenters. The van der Waals surface area contributed by atoms with Crippen LogP contribution in [-0.2, 0) is 51.8 Å². The summed E-state index contributed by atoms with van der Waals surface area (Å²) in [6.45, 7) is 9.51. The minimum atomic E-state index is -0.504. The maximum absolute atomic E-state index is 11.7. The van der Waals surface area contributed by atoms with E-state index in [9.17, 15) is 9.59 Å². The molecule has 61 heavy (non-hydrogen) atoms. The summed E-state index contributed by atoms with van der Waals surface area (Å²) in [5.74, 6) is -0.422. The van der Waals surface area contributed by atoms with Crippen molar-refractivity contribution in [3.05, 3.63) is 209 Å². The van der Waals surface area contributed by atoms with E-state index in [1.165, 1.54) is 11.6 Å². The number of carbonyl (C=O) groups excluding carboxylic acids is 2. The number of carbonyl (C=O) groups is 2. The summed E-state index contributed by atoms with van der Waals surface area (Å²) < 4.78 is 16.6. The Hall–Kier alpha value is -6.12. The Bertz CT molecular complexity index is 2350. The number of halogens is 2. The first-order valence-electron chi connectivity index (χ1n) is 20.4. The van der Waals surface area contributed by atoms with Gasteiger partial charge in [0.2, 0.25) is 0 Å². The van der Waals surface area contributed by atoms with Gasteiger partial charge in [-0.05, 0) is 132 Å². The molecule has 0 radical (unpaired) electrons. The number of ether oxygens (including phenoxy) is 3. The van der Waals surface area contributed by atoms with Crippen molar-refractivity contribution in [2.24, 2.45) is 0 Å². The molecule has 0 spiro atoms. The zero-order chi connectivity index (χ0) is 42.8. The van der Waals surface area contributed by atoms with Crippen LogP contribution in [0.1, 0.15) is 53.5 Å². The lowest BCUT2D eigenvalue weighted by molar-refractivity contribution is -0.137. The fraction of sp³-hybridized carbons (Fsp3) is 0.192. The second-order valence-corrected chi connectivity index (χ2v) is 15.5. The summed E-state index contributed by atoms with van der Waals surface area (Å²) in [5.41, 5.74) is 9.68. The van der Waals surface area contributed by atoms with E-state index in [-0.39, 0.29) is 5.97 Å². The highest BCUT2D eigenvalue weighted by molar-refractivity contribution is 6.30. The van der Waals surface area contributed by atoms with Gasteiger partial charge in [-0.25, -0.2) is 9.59 Å². The number of anilines is 4. The molecule has 6 rings (SSSR count). The van der Waals surface area contributed by atoms with Crippen molar-refractivity contribution in [3.8, 4) is 5.75 Å². The minimum Gasteiger partial charge on any atom is -0.463 e. The highest BCUT2D eigenvalue weighted by atomic mass is 35.5. The van der Waals surface area contributed by atoms with E-state index in [4.69, 9.17) is 37.4 Å². The van der Waals surface area contributed by atoms with Crippen molar-refractivity contribution < 1.29 is 23.8 Å². The van der Waals surface area contributed by atoms with E-state index in [0.29, 0.717) is 48.7 Å². The molecule has 0 N–H and O–H groups in total. The Morgan fingerprint density at radius 2 is 0.951 bits per heavy atom. The normalized spacial score (nSPS) is 10.8. The smallest absolute Gasteiger partial charge is 0.335 e. The van der Waals surface area contributed by atoms with Gasteiger partial charge in [0, 0.05) is 58.0 Å². The number of unbranched alkanes of at least 4 members (excludes halogenated alkanes) is 3. The van der Waals surface area contributed by atoms with Gasteiger partial charge in [-0.3, -0.25) is 0 Å². The van der Waals surface area contributed by atoms with Crippen LogP contribution in [0.3, 0.4) is 0 Å². The summed E-state index contributed by atoms with van der Waals surface area (Å²) >= 11 is 12.7. The molecule has 0 fully saturated rings. The molecule has 0 aromatic heterocycles. The van der Waals surface area contributed by atoms with Gasteiger partial charge < -0.3 is 24.0 Å². The van der Waals surface area contributed by atoms with E-state index < -0.39 is 5.97 Å². The molecule has 0 heterocycles. The summed E-state index contributed by atoms with van der Waals surface area (Å²) in [5, 5.41) is 1.39. The van der Waals surface area contributed by atoms with Crippen LogP contribution in [0.2, 0.25) is 10.0 Å². The summed E-state index contributed by atoms with van der Waals surface area (Å²) in [6.07, 6.45) is 7.37. The standard InChI is InChI=1S/C52H50Cl2N2O5/c1-3-51(57)60-32-8-6-5-7-11-39-16-22-46(23-17-39)55(35-42-12-9-14-44(53)33-42)47-24-18-40(19-25-47)37-59-38-41-20-26-48(27-21-41)56(36-43-13-10-15-45(54)34-43)49-28-30-50(31-29-49)61-52(58)4-2/h3-4,9-10,12-31,33-34H,1-2,5-8,11,32,35-38H2. The van der Waals surface area contributed by atoms with E-state index in [0.717, 1.165) is 83.2 Å². The third kappa shape index (κ3) is 14.0. The van der Waals surface area contributed by atoms with Crippen molar-refractivity contribution in [1.29, 1.82) is 0 Å². The van der Waals surface area contributed by atoms with Crippen molar-refractivity contribution in [2.75, 3.05) is 16.4 Å². The van der Waals surface area contributed by atoms with E-state index in [2.05, 4.69) is 102 Å². The Morgan fingerprint density at radius 3 is 1.41 bits per heavy atom. The molecule has 0 aliphatic rings. The topological polar surface area (TPSA) is 68.3 Å². The number of esters is 2. The number of benzene rings is 6. The van der Waals surface area contributed by atoms with Crippen molar-refractivity contribution >= 4 is 57.9 Å². The van der Waals surface area contributed by atoms with E-state index in [1.807, 2.05) is 54.6 Å². The first kappa shape index (κ1) is 44.4. The predicted octanol–water partition coefficient (Wildman–Crippen LogP) is 13.3. The fourth-order valence-corrected chi connectivity index (χ4v) is 7.27. The molecule has 6 aromatic rings. The summed E-state index contributed by atoms with van der Waals surface area (Å²) in [6, 6.07) is 48.8. The Kier molecular flexibility index (Phi) is 16.8. The van der Waals surface area contributed by atoms with Gasteiger partial charge in [0.15, 0.2) is 0 Å². The molecule has 0 saturated heterocycles. The van der Waals surface area contributed by atoms with Crippen molar-refractivity contribution in [2.45, 2.75) is 58.4 Å². The first-order valence-corrected chi connectivity index (χ1v) is 21.1. The predicted molar refractivity (Wildman–Crippen MR) is 248 cm³/mol. The largest absolute Gasteiger partial charge is 0.463 e. The van der Waals surface area contributed by atoms with Crippen LogP contribution in [0.15, 0.2) is 171 Å². The number of aryl methyl sites for hydroxylation is 1. The molecular formula is C52H50Cl2N2O5. The van der Waals surface area contributed by atoms with Gasteiger partial charge >= 0.3 is 11.9 Å². The van der Waals surface area contributed by atoms with Gasteiger partial charge in [-0.1, -0.05) is 110 Å². The molecule has 0 aliphatic heterocycles. The Labute approximate surface area is 369 Å². The van der Waals surface area contributed by atoms with Crippen LogP contribution >= 0.6 is 23.2 Å². The van der Waals surface area contributed by atoms with Crippen LogP contribution in [0, 0.1) is 0 Å². The molecular weight excluding hydrogens is 803 g/mol. The van der Waals surface area contributed by atoms with Crippen molar-refractivity contribution in [3.63, 3.8) is 0 Å². The fourth-order valence-electron chi connectivity index (χ4n) is 6.84. The average molecular weight is 854 g/mol. The molecule has 0 amide bonds. The number of hydrogen-bond acceptors (Lipinski definition) is 7. The van der Waals surface area contributed by atoms with Gasteiger partial charge in [0.05, 0.1) is 19.8 Å². The second kappa shape index (κ2) is 23.0. The Morgan fingerprint density at radius 1 is 0.508 bits per heavy atom. The monoisotopic (exact) mass is 852 g/mol. The third-order valence-electron chi connectivity index (χ3n) is 10.0. The Balaban J connectivity index is 1.06. The molecule has 0 saturated carbocycles. The quantitative estimate of drug-likeness (QED) is 0.0292. The lowest BCUT2D eigenvalue weighted by Gasteiger charge is -2.26. The maximum Gasteiger partial charge on any atom is 0.335 e. The highest BCUT2D eigenvalue weighted by Gasteiger charge is 2.14. The number of rotatable bonds is 22. The highest BCUT2D eigenvalue weighted by Crippen LogP contribution is 2.32. The number of nitrogens with zero attached hydrogens (tertiary/aromatic N) is 2. The van der Waals surface area contributed by atoms with Crippen LogP contribution in [-0.4, -0.2) is 18.5 Å². The molecule has 7 nitrogen and oxygen atoms in total. The second-order valence-electron chi connectivity index (χ2n) is 14.6. The first-order chi connectivity index (χ1) is 29.8. The van der Waals surface area contributed by atoms with E-state index in [1.54, 1.807) is 12.1 Å². The molecule has 0 bridgehead atoms.